The lowest BCUT2D eigenvalue weighted by molar-refractivity contribution is 0.0982. The van der Waals surface area contributed by atoms with Crippen LogP contribution in [0.4, 0.5) is 5.95 Å². The topological polar surface area (TPSA) is 74.2 Å². The van der Waals surface area contributed by atoms with E-state index in [-0.39, 0.29) is 5.95 Å². The van der Waals surface area contributed by atoms with Crippen LogP contribution >= 0.6 is 0 Å². The third kappa shape index (κ3) is 2.55. The zero-order valence-corrected chi connectivity index (χ0v) is 6.41. The molecule has 1 aromatic rings. The first-order valence-corrected chi connectivity index (χ1v) is 3.48. The van der Waals surface area contributed by atoms with Crippen LogP contribution in [0.3, 0.4) is 0 Å². The van der Waals surface area contributed by atoms with Gasteiger partial charge in [0, 0.05) is 6.61 Å². The number of nitrogens with two attached hydrogens (primary N) is 1. The van der Waals surface area contributed by atoms with Gasteiger partial charge in [-0.05, 0) is 11.6 Å². The Balaban J connectivity index is 2.27. The van der Waals surface area contributed by atoms with Crippen molar-refractivity contribution in [1.82, 2.24) is 10.1 Å². The van der Waals surface area contributed by atoms with Crippen molar-refractivity contribution in [3.05, 3.63) is 5.89 Å². The van der Waals surface area contributed by atoms with Crippen molar-refractivity contribution >= 4 is 5.95 Å². The first-order valence-electron chi connectivity index (χ1n) is 3.48. The number of ether oxygens (including phenoxy) is 1. The maximum Gasteiger partial charge on any atom is 0.260 e. The maximum absolute atomic E-state index is 5.21. The van der Waals surface area contributed by atoms with Crippen LogP contribution in [-0.4, -0.2) is 16.7 Å². The second kappa shape index (κ2) is 3.92. The van der Waals surface area contributed by atoms with Crippen LogP contribution in [0.15, 0.2) is 4.52 Å². The van der Waals surface area contributed by atoms with Gasteiger partial charge in [-0.15, -0.1) is 0 Å². The third-order valence-electron chi connectivity index (χ3n) is 1.06. The summed E-state index contributed by atoms with van der Waals surface area (Å²) in [4.78, 5) is 3.76. The van der Waals surface area contributed by atoms with Gasteiger partial charge in [0.2, 0.25) is 0 Å². The summed E-state index contributed by atoms with van der Waals surface area (Å²) >= 11 is 0. The Kier molecular flexibility index (Phi) is 2.85. The zero-order chi connectivity index (χ0) is 8.10. The van der Waals surface area contributed by atoms with Crippen molar-refractivity contribution < 1.29 is 9.26 Å². The van der Waals surface area contributed by atoms with Crippen LogP contribution in [0.1, 0.15) is 19.2 Å². The van der Waals surface area contributed by atoms with Crippen LogP contribution < -0.4 is 5.73 Å². The summed E-state index contributed by atoms with van der Waals surface area (Å²) in [5.74, 6) is 0.580. The Labute approximate surface area is 64.5 Å². The highest BCUT2D eigenvalue weighted by atomic mass is 16.5. The molecule has 0 bridgehead atoms. The van der Waals surface area contributed by atoms with Gasteiger partial charge < -0.3 is 15.0 Å². The SMILES string of the molecule is CCCOCc1nc(N)no1. The molecule has 0 amide bonds. The lowest BCUT2D eigenvalue weighted by atomic mass is 10.5. The molecule has 0 atom stereocenters. The maximum atomic E-state index is 5.21. The van der Waals surface area contributed by atoms with Crippen molar-refractivity contribution in [1.29, 1.82) is 0 Å². The van der Waals surface area contributed by atoms with Gasteiger partial charge in [0.1, 0.15) is 6.61 Å². The van der Waals surface area contributed by atoms with E-state index in [2.05, 4.69) is 10.1 Å². The standard InChI is InChI=1S/C6H11N3O2/c1-2-3-10-4-5-8-6(7)9-11-5/h2-4H2,1H3,(H2,7,9). The van der Waals surface area contributed by atoms with E-state index in [1.807, 2.05) is 6.92 Å². The molecule has 0 saturated heterocycles. The molecular formula is C6H11N3O2. The fraction of sp³-hybridized carbons (Fsp3) is 0.667. The Hall–Kier alpha value is -1.10. The second-order valence-corrected chi connectivity index (χ2v) is 2.10. The lowest BCUT2D eigenvalue weighted by Gasteiger charge is -1.94. The number of nitrogen functional groups attached to an aromatic ring is 1. The molecule has 5 nitrogen and oxygen atoms in total. The van der Waals surface area contributed by atoms with Crippen LogP contribution in [0.2, 0.25) is 0 Å². The molecule has 0 fully saturated rings. The molecule has 1 aromatic heterocycles. The van der Waals surface area contributed by atoms with Crippen LogP contribution in [0, 0.1) is 0 Å². The van der Waals surface area contributed by atoms with E-state index in [0.29, 0.717) is 19.1 Å². The molecule has 1 rings (SSSR count). The number of hydrogen-bond acceptors (Lipinski definition) is 5. The van der Waals surface area contributed by atoms with Crippen molar-refractivity contribution in [2.45, 2.75) is 20.0 Å². The molecule has 62 valence electrons. The molecule has 0 radical (unpaired) electrons. The van der Waals surface area contributed by atoms with Crippen molar-refractivity contribution in [3.63, 3.8) is 0 Å². The summed E-state index contributed by atoms with van der Waals surface area (Å²) in [6.45, 7) is 3.07. The van der Waals surface area contributed by atoms with Crippen molar-refractivity contribution in [3.8, 4) is 0 Å². The minimum Gasteiger partial charge on any atom is -0.372 e. The second-order valence-electron chi connectivity index (χ2n) is 2.10. The Morgan fingerprint density at radius 1 is 1.64 bits per heavy atom. The largest absolute Gasteiger partial charge is 0.372 e. The molecule has 0 saturated carbocycles. The predicted molar refractivity (Wildman–Crippen MR) is 38.7 cm³/mol. The van der Waals surface area contributed by atoms with Gasteiger partial charge in [-0.2, -0.15) is 4.98 Å². The smallest absolute Gasteiger partial charge is 0.260 e. The van der Waals surface area contributed by atoms with E-state index in [9.17, 15) is 0 Å². The number of nitrogens with zero attached hydrogens (tertiary/aromatic N) is 2. The summed E-state index contributed by atoms with van der Waals surface area (Å²) < 4.78 is 9.83. The molecular weight excluding hydrogens is 146 g/mol. The third-order valence-corrected chi connectivity index (χ3v) is 1.06. The average Bonchev–Trinajstić information content (AvgIpc) is 2.37. The van der Waals surface area contributed by atoms with Crippen LogP contribution in [0.5, 0.6) is 0 Å². The average molecular weight is 157 g/mol. The summed E-state index contributed by atoms with van der Waals surface area (Å²) in [5.41, 5.74) is 5.21. The minimum absolute atomic E-state index is 0.153. The van der Waals surface area contributed by atoms with E-state index in [4.69, 9.17) is 15.0 Å². The Morgan fingerprint density at radius 2 is 2.45 bits per heavy atom. The van der Waals surface area contributed by atoms with E-state index >= 15 is 0 Å². The van der Waals surface area contributed by atoms with Gasteiger partial charge in [0.25, 0.3) is 11.8 Å². The quantitative estimate of drug-likeness (QED) is 0.647. The predicted octanol–water partition coefficient (Wildman–Crippen LogP) is 0.578. The van der Waals surface area contributed by atoms with E-state index in [1.54, 1.807) is 0 Å². The van der Waals surface area contributed by atoms with Gasteiger partial charge >= 0.3 is 0 Å². The highest BCUT2D eigenvalue weighted by Gasteiger charge is 2.01. The lowest BCUT2D eigenvalue weighted by Crippen LogP contribution is -1.94. The Morgan fingerprint density at radius 3 is 3.00 bits per heavy atom. The summed E-state index contributed by atoms with van der Waals surface area (Å²) in [5, 5.41) is 3.41. The van der Waals surface area contributed by atoms with Crippen LogP contribution in [0.25, 0.3) is 0 Å². The molecule has 2 N–H and O–H groups in total. The van der Waals surface area contributed by atoms with Crippen LogP contribution in [-0.2, 0) is 11.3 Å². The van der Waals surface area contributed by atoms with Crippen molar-refractivity contribution in [2.75, 3.05) is 12.3 Å². The molecule has 0 unspecified atom stereocenters. The van der Waals surface area contributed by atoms with Gasteiger partial charge in [-0.3, -0.25) is 0 Å². The normalized spacial score (nSPS) is 10.3. The number of hydrogen-bond donors (Lipinski definition) is 1. The number of aromatic nitrogens is 2. The minimum atomic E-state index is 0.153. The molecule has 5 heteroatoms. The van der Waals surface area contributed by atoms with Gasteiger partial charge in [0.05, 0.1) is 0 Å². The molecule has 0 aliphatic carbocycles. The first kappa shape index (κ1) is 8.00. The molecule has 11 heavy (non-hydrogen) atoms. The number of anilines is 1. The fourth-order valence-corrected chi connectivity index (χ4v) is 0.630. The molecule has 0 aromatic carbocycles. The summed E-state index contributed by atoms with van der Waals surface area (Å²) in [6, 6.07) is 0. The monoisotopic (exact) mass is 157 g/mol. The Bertz CT molecular complexity index is 211. The molecule has 0 spiro atoms. The molecule has 0 aliphatic heterocycles. The summed E-state index contributed by atoms with van der Waals surface area (Å²) in [6.07, 6.45) is 0.976. The van der Waals surface area contributed by atoms with Gasteiger partial charge in [-0.1, -0.05) is 6.92 Å². The van der Waals surface area contributed by atoms with E-state index < -0.39 is 0 Å². The van der Waals surface area contributed by atoms with Crippen molar-refractivity contribution in [2.24, 2.45) is 0 Å². The van der Waals surface area contributed by atoms with Gasteiger partial charge in [-0.25, -0.2) is 0 Å². The molecule has 0 aliphatic rings. The van der Waals surface area contributed by atoms with Gasteiger partial charge in [0.15, 0.2) is 0 Å². The fourth-order valence-electron chi connectivity index (χ4n) is 0.630. The summed E-state index contributed by atoms with van der Waals surface area (Å²) in [7, 11) is 0. The number of rotatable bonds is 4. The highest BCUT2D eigenvalue weighted by Crippen LogP contribution is 1.99. The van der Waals surface area contributed by atoms with E-state index in [0.717, 1.165) is 6.42 Å². The highest BCUT2D eigenvalue weighted by molar-refractivity contribution is 5.09. The van der Waals surface area contributed by atoms with E-state index in [1.165, 1.54) is 0 Å². The first-order chi connectivity index (χ1) is 5.33. The molecule has 1 heterocycles. The zero-order valence-electron chi connectivity index (χ0n) is 6.41.